The van der Waals surface area contributed by atoms with Crippen molar-refractivity contribution in [3.63, 3.8) is 0 Å². The van der Waals surface area contributed by atoms with E-state index in [1.165, 1.54) is 12.8 Å². The number of aromatic nitrogens is 3. The fraction of sp³-hybridized carbons (Fsp3) is 0.727. The highest BCUT2D eigenvalue weighted by molar-refractivity contribution is 6.28. The molecule has 96 valence electrons. The van der Waals surface area contributed by atoms with E-state index in [1.807, 2.05) is 6.92 Å². The van der Waals surface area contributed by atoms with Crippen LogP contribution < -0.4 is 10.1 Å². The molecular weight excluding hydrogens is 240 g/mol. The predicted molar refractivity (Wildman–Crippen MR) is 68.6 cm³/mol. The first-order chi connectivity index (χ1) is 8.26. The van der Waals surface area contributed by atoms with Gasteiger partial charge in [0.15, 0.2) is 0 Å². The lowest BCUT2D eigenvalue weighted by molar-refractivity contribution is 0.291. The maximum Gasteiger partial charge on any atom is 0.322 e. The summed E-state index contributed by atoms with van der Waals surface area (Å²) in [7, 11) is 0. The Morgan fingerprint density at radius 2 is 1.94 bits per heavy atom. The largest absolute Gasteiger partial charge is 0.463 e. The van der Waals surface area contributed by atoms with Gasteiger partial charge in [-0.25, -0.2) is 0 Å². The lowest BCUT2D eigenvalue weighted by Gasteiger charge is -2.06. The van der Waals surface area contributed by atoms with Gasteiger partial charge in [0.05, 0.1) is 6.61 Å². The van der Waals surface area contributed by atoms with E-state index in [9.17, 15) is 0 Å². The van der Waals surface area contributed by atoms with E-state index in [-0.39, 0.29) is 11.3 Å². The summed E-state index contributed by atoms with van der Waals surface area (Å²) in [4.78, 5) is 12.0. The molecule has 0 radical (unpaired) electrons. The van der Waals surface area contributed by atoms with E-state index in [0.29, 0.717) is 12.6 Å². The molecule has 1 N–H and O–H groups in total. The highest BCUT2D eigenvalue weighted by Crippen LogP contribution is 2.11. The van der Waals surface area contributed by atoms with Crippen LogP contribution in [0.1, 0.15) is 39.5 Å². The van der Waals surface area contributed by atoms with Gasteiger partial charge in [-0.2, -0.15) is 15.0 Å². The fourth-order valence-corrected chi connectivity index (χ4v) is 1.40. The van der Waals surface area contributed by atoms with Crippen molar-refractivity contribution in [2.75, 3.05) is 18.5 Å². The molecule has 0 saturated heterocycles. The number of hydrogen-bond donors (Lipinski definition) is 1. The molecule has 0 saturated carbocycles. The van der Waals surface area contributed by atoms with E-state index < -0.39 is 0 Å². The fourth-order valence-electron chi connectivity index (χ4n) is 1.24. The van der Waals surface area contributed by atoms with Crippen molar-refractivity contribution in [1.29, 1.82) is 0 Å². The number of unbranched alkanes of at least 4 members (excludes halogenated alkanes) is 2. The molecule has 6 heteroatoms. The zero-order chi connectivity index (χ0) is 12.5. The minimum Gasteiger partial charge on any atom is -0.463 e. The van der Waals surface area contributed by atoms with E-state index in [4.69, 9.17) is 16.3 Å². The number of rotatable bonds is 8. The smallest absolute Gasteiger partial charge is 0.322 e. The van der Waals surface area contributed by atoms with Crippen molar-refractivity contribution in [2.24, 2.45) is 0 Å². The van der Waals surface area contributed by atoms with Gasteiger partial charge in [0, 0.05) is 6.54 Å². The van der Waals surface area contributed by atoms with Crippen molar-refractivity contribution < 1.29 is 4.74 Å². The number of hydrogen-bond acceptors (Lipinski definition) is 5. The van der Waals surface area contributed by atoms with Gasteiger partial charge in [-0.1, -0.05) is 26.7 Å². The molecule has 1 aromatic rings. The van der Waals surface area contributed by atoms with E-state index >= 15 is 0 Å². The number of nitrogens with one attached hydrogen (secondary N) is 1. The normalized spacial score (nSPS) is 10.3. The van der Waals surface area contributed by atoms with Gasteiger partial charge < -0.3 is 10.1 Å². The molecule has 1 aromatic heterocycles. The van der Waals surface area contributed by atoms with Crippen LogP contribution in [0.5, 0.6) is 6.01 Å². The zero-order valence-electron chi connectivity index (χ0n) is 10.4. The summed E-state index contributed by atoms with van der Waals surface area (Å²) >= 11 is 5.79. The van der Waals surface area contributed by atoms with Crippen molar-refractivity contribution in [3.8, 4) is 6.01 Å². The summed E-state index contributed by atoms with van der Waals surface area (Å²) in [5, 5.41) is 3.27. The van der Waals surface area contributed by atoms with Crippen molar-refractivity contribution in [2.45, 2.75) is 39.5 Å². The van der Waals surface area contributed by atoms with Crippen LogP contribution in [0.15, 0.2) is 0 Å². The summed E-state index contributed by atoms with van der Waals surface area (Å²) in [6.45, 7) is 5.60. The lowest BCUT2D eigenvalue weighted by Crippen LogP contribution is -2.08. The maximum absolute atomic E-state index is 5.79. The number of anilines is 1. The summed E-state index contributed by atoms with van der Waals surface area (Å²) in [5.41, 5.74) is 0. The van der Waals surface area contributed by atoms with Crippen LogP contribution >= 0.6 is 11.6 Å². The van der Waals surface area contributed by atoms with Crippen LogP contribution in [0.3, 0.4) is 0 Å². The first-order valence-electron chi connectivity index (χ1n) is 6.04. The van der Waals surface area contributed by atoms with E-state index in [1.54, 1.807) is 0 Å². The second-order valence-electron chi connectivity index (χ2n) is 3.69. The number of halogens is 1. The molecule has 1 heterocycles. The van der Waals surface area contributed by atoms with Crippen molar-refractivity contribution in [3.05, 3.63) is 5.28 Å². The number of nitrogens with zero attached hydrogens (tertiary/aromatic N) is 3. The highest BCUT2D eigenvalue weighted by Gasteiger charge is 2.05. The Balaban J connectivity index is 2.50. The SMILES string of the molecule is CCCCCNc1nc(Cl)nc(OCCC)n1. The molecule has 17 heavy (non-hydrogen) atoms. The molecule has 0 aliphatic heterocycles. The molecule has 5 nitrogen and oxygen atoms in total. The molecule has 0 aliphatic rings. The van der Waals surface area contributed by atoms with Gasteiger partial charge in [-0.05, 0) is 24.4 Å². The van der Waals surface area contributed by atoms with Crippen molar-refractivity contribution >= 4 is 17.5 Å². The Labute approximate surface area is 107 Å². The minimum absolute atomic E-state index is 0.157. The molecule has 0 aromatic carbocycles. The summed E-state index contributed by atoms with van der Waals surface area (Å²) in [6.07, 6.45) is 4.36. The van der Waals surface area contributed by atoms with Crippen LogP contribution in [0.2, 0.25) is 5.28 Å². The van der Waals surface area contributed by atoms with Gasteiger partial charge in [0.25, 0.3) is 0 Å². The molecule has 0 amide bonds. The Bertz CT molecular complexity index is 335. The van der Waals surface area contributed by atoms with Gasteiger partial charge in [-0.3, -0.25) is 0 Å². The topological polar surface area (TPSA) is 59.9 Å². The summed E-state index contributed by atoms with van der Waals surface area (Å²) in [6, 6.07) is 0.282. The quantitative estimate of drug-likeness (QED) is 0.727. The second-order valence-corrected chi connectivity index (χ2v) is 4.03. The van der Waals surface area contributed by atoms with Crippen LogP contribution in [0.4, 0.5) is 5.95 Å². The third-order valence-corrected chi connectivity index (χ3v) is 2.26. The molecule has 0 atom stereocenters. The van der Waals surface area contributed by atoms with Crippen LogP contribution in [0, 0.1) is 0 Å². The van der Waals surface area contributed by atoms with Crippen molar-refractivity contribution in [1.82, 2.24) is 15.0 Å². The van der Waals surface area contributed by atoms with Gasteiger partial charge >= 0.3 is 6.01 Å². The third kappa shape index (κ3) is 5.68. The van der Waals surface area contributed by atoms with Crippen LogP contribution in [-0.2, 0) is 0 Å². The van der Waals surface area contributed by atoms with E-state index in [0.717, 1.165) is 19.4 Å². The molecule has 0 spiro atoms. The Morgan fingerprint density at radius 3 is 2.65 bits per heavy atom. The van der Waals surface area contributed by atoms with Crippen LogP contribution in [0.25, 0.3) is 0 Å². The third-order valence-electron chi connectivity index (χ3n) is 2.09. The first-order valence-corrected chi connectivity index (χ1v) is 6.42. The Kier molecular flexibility index (Phi) is 6.62. The Morgan fingerprint density at radius 1 is 1.12 bits per heavy atom. The molecular formula is C11H19ClN4O. The van der Waals surface area contributed by atoms with Gasteiger partial charge in [-0.15, -0.1) is 0 Å². The van der Waals surface area contributed by atoms with Gasteiger partial charge in [0.1, 0.15) is 0 Å². The standard InChI is InChI=1S/C11H19ClN4O/c1-3-5-6-7-13-10-14-9(12)15-11(16-10)17-8-4-2/h3-8H2,1-2H3,(H,13,14,15,16). The number of ether oxygens (including phenoxy) is 1. The lowest BCUT2D eigenvalue weighted by atomic mass is 10.2. The Hall–Kier alpha value is -1.10. The monoisotopic (exact) mass is 258 g/mol. The van der Waals surface area contributed by atoms with Gasteiger partial charge in [0.2, 0.25) is 11.2 Å². The van der Waals surface area contributed by atoms with E-state index in [2.05, 4.69) is 27.2 Å². The highest BCUT2D eigenvalue weighted by atomic mass is 35.5. The molecule has 1 rings (SSSR count). The first kappa shape index (κ1) is 14.0. The zero-order valence-corrected chi connectivity index (χ0v) is 11.1. The second kappa shape index (κ2) is 8.06. The van der Waals surface area contributed by atoms with Crippen LogP contribution in [-0.4, -0.2) is 28.1 Å². The predicted octanol–water partition coefficient (Wildman–Crippen LogP) is 2.92. The molecule has 0 aliphatic carbocycles. The molecule has 0 unspecified atom stereocenters. The average Bonchev–Trinajstić information content (AvgIpc) is 2.31. The molecule has 0 fully saturated rings. The summed E-state index contributed by atoms with van der Waals surface area (Å²) in [5.74, 6) is 0.479. The summed E-state index contributed by atoms with van der Waals surface area (Å²) < 4.78 is 5.32. The minimum atomic E-state index is 0.157. The average molecular weight is 259 g/mol. The molecule has 0 bridgehead atoms. The maximum atomic E-state index is 5.79.